The summed E-state index contributed by atoms with van der Waals surface area (Å²) in [6.07, 6.45) is 3.35. The van der Waals surface area contributed by atoms with Gasteiger partial charge >= 0.3 is 0 Å². The van der Waals surface area contributed by atoms with E-state index in [1.54, 1.807) is 17.0 Å². The van der Waals surface area contributed by atoms with E-state index in [4.69, 9.17) is 0 Å². The molecule has 2 atom stereocenters. The second-order valence-corrected chi connectivity index (χ2v) is 9.44. The molecule has 2 unspecified atom stereocenters. The summed E-state index contributed by atoms with van der Waals surface area (Å²) in [5.41, 5.74) is 1.57. The first-order valence-corrected chi connectivity index (χ1v) is 11.6. The number of benzene rings is 2. The average Bonchev–Trinajstić information content (AvgIpc) is 2.70. The number of amides is 2. The highest BCUT2D eigenvalue weighted by Crippen LogP contribution is 2.27. The molecule has 29 heavy (non-hydrogen) atoms. The predicted octanol–water partition coefficient (Wildman–Crippen LogP) is 3.02. The van der Waals surface area contributed by atoms with Crippen molar-refractivity contribution >= 4 is 21.7 Å². The summed E-state index contributed by atoms with van der Waals surface area (Å²) in [4.78, 5) is 27.6. The van der Waals surface area contributed by atoms with Gasteiger partial charge in [0.05, 0.1) is 10.9 Å². The normalized spacial score (nSPS) is 16.9. The van der Waals surface area contributed by atoms with E-state index in [1.165, 1.54) is 12.1 Å². The smallest absolute Gasteiger partial charge is 0.247 e. The maximum Gasteiger partial charge on any atom is 0.247 e. The molecule has 2 amide bonds. The van der Waals surface area contributed by atoms with Gasteiger partial charge in [0.2, 0.25) is 11.8 Å². The van der Waals surface area contributed by atoms with Crippen LogP contribution in [0.25, 0.3) is 0 Å². The van der Waals surface area contributed by atoms with Crippen LogP contribution in [0, 0.1) is 0 Å². The van der Waals surface area contributed by atoms with Crippen molar-refractivity contribution in [2.24, 2.45) is 0 Å². The van der Waals surface area contributed by atoms with Gasteiger partial charge in [0.15, 0.2) is 9.84 Å². The fourth-order valence-corrected chi connectivity index (χ4v) is 4.22. The maximum atomic E-state index is 13.2. The fraction of sp³-hybridized carbons (Fsp3) is 0.364. The molecule has 0 bridgehead atoms. The SMILES string of the molecule is CC(NC(=O)C(c1ccccc1)N1CCCCC1=O)c1ccc(S(C)(=O)=O)cc1. The number of likely N-dealkylation sites (tertiary alicyclic amines) is 1. The zero-order valence-corrected chi connectivity index (χ0v) is 17.5. The van der Waals surface area contributed by atoms with E-state index in [-0.39, 0.29) is 22.8 Å². The minimum Gasteiger partial charge on any atom is -0.347 e. The van der Waals surface area contributed by atoms with E-state index in [2.05, 4.69) is 5.32 Å². The third-order valence-corrected chi connectivity index (χ3v) is 6.33. The third kappa shape index (κ3) is 5.03. The molecule has 0 aromatic heterocycles. The van der Waals surface area contributed by atoms with Gasteiger partial charge in [0.1, 0.15) is 6.04 Å². The summed E-state index contributed by atoms with van der Waals surface area (Å²) in [5.74, 6) is -0.253. The lowest BCUT2D eigenvalue weighted by atomic mass is 9.99. The Kier molecular flexibility index (Phi) is 6.37. The molecule has 1 fully saturated rings. The van der Waals surface area contributed by atoms with Crippen molar-refractivity contribution in [2.75, 3.05) is 12.8 Å². The van der Waals surface area contributed by atoms with Gasteiger partial charge in [0, 0.05) is 19.2 Å². The van der Waals surface area contributed by atoms with Gasteiger partial charge in [-0.1, -0.05) is 42.5 Å². The predicted molar refractivity (Wildman–Crippen MR) is 111 cm³/mol. The summed E-state index contributed by atoms with van der Waals surface area (Å²) in [6.45, 7) is 2.40. The van der Waals surface area contributed by atoms with Crippen LogP contribution in [-0.4, -0.2) is 37.9 Å². The van der Waals surface area contributed by atoms with Crippen LogP contribution in [0.3, 0.4) is 0 Å². The van der Waals surface area contributed by atoms with Gasteiger partial charge in [0.25, 0.3) is 0 Å². The van der Waals surface area contributed by atoms with Gasteiger partial charge in [-0.05, 0) is 43.0 Å². The van der Waals surface area contributed by atoms with Crippen LogP contribution in [0.5, 0.6) is 0 Å². The molecule has 6 nitrogen and oxygen atoms in total. The second-order valence-electron chi connectivity index (χ2n) is 7.43. The number of piperidine rings is 1. The molecule has 0 spiro atoms. The van der Waals surface area contributed by atoms with Crippen molar-refractivity contribution in [3.05, 3.63) is 65.7 Å². The molecule has 7 heteroatoms. The number of rotatable bonds is 6. The lowest BCUT2D eigenvalue weighted by Crippen LogP contribution is -2.46. The van der Waals surface area contributed by atoms with Gasteiger partial charge in [-0.2, -0.15) is 0 Å². The molecule has 2 aromatic rings. The summed E-state index contributed by atoms with van der Waals surface area (Å²) in [7, 11) is -3.27. The van der Waals surface area contributed by atoms with Crippen LogP contribution in [-0.2, 0) is 19.4 Å². The highest BCUT2D eigenvalue weighted by molar-refractivity contribution is 7.90. The van der Waals surface area contributed by atoms with Crippen molar-refractivity contribution in [2.45, 2.75) is 43.2 Å². The van der Waals surface area contributed by atoms with Gasteiger partial charge in [-0.25, -0.2) is 8.42 Å². The molecular weight excluding hydrogens is 388 g/mol. The Morgan fingerprint density at radius 3 is 2.24 bits per heavy atom. The molecule has 3 rings (SSSR count). The third-order valence-electron chi connectivity index (χ3n) is 5.20. The van der Waals surface area contributed by atoms with E-state index in [0.717, 1.165) is 30.2 Å². The molecule has 0 saturated carbocycles. The number of hydrogen-bond donors (Lipinski definition) is 1. The number of carbonyl (C=O) groups excluding carboxylic acids is 2. The summed E-state index contributed by atoms with van der Waals surface area (Å²) >= 11 is 0. The van der Waals surface area contributed by atoms with E-state index in [9.17, 15) is 18.0 Å². The number of sulfone groups is 1. The number of carbonyl (C=O) groups is 2. The van der Waals surface area contributed by atoms with Crippen molar-refractivity contribution in [1.29, 1.82) is 0 Å². The Balaban J connectivity index is 1.81. The first-order chi connectivity index (χ1) is 13.8. The maximum absolute atomic E-state index is 13.2. The van der Waals surface area contributed by atoms with Crippen LogP contribution in [0.1, 0.15) is 49.4 Å². The lowest BCUT2D eigenvalue weighted by molar-refractivity contribution is -0.143. The largest absolute Gasteiger partial charge is 0.347 e. The van der Waals surface area contributed by atoms with Crippen LogP contribution in [0.2, 0.25) is 0 Å². The first-order valence-electron chi connectivity index (χ1n) is 9.72. The second kappa shape index (κ2) is 8.78. The molecule has 1 N–H and O–H groups in total. The number of nitrogens with one attached hydrogen (secondary N) is 1. The van der Waals surface area contributed by atoms with Crippen LogP contribution >= 0.6 is 0 Å². The van der Waals surface area contributed by atoms with Crippen molar-refractivity contribution < 1.29 is 18.0 Å². The van der Waals surface area contributed by atoms with Gasteiger partial charge in [-0.15, -0.1) is 0 Å². The van der Waals surface area contributed by atoms with E-state index in [0.29, 0.717) is 13.0 Å². The molecule has 1 aliphatic rings. The topological polar surface area (TPSA) is 83.6 Å². The van der Waals surface area contributed by atoms with E-state index >= 15 is 0 Å². The summed E-state index contributed by atoms with van der Waals surface area (Å²) in [6, 6.07) is 14.8. The Morgan fingerprint density at radius 2 is 1.66 bits per heavy atom. The van der Waals surface area contributed by atoms with Crippen molar-refractivity contribution in [1.82, 2.24) is 10.2 Å². The monoisotopic (exact) mass is 414 g/mol. The Labute approximate surface area is 171 Å². The Hall–Kier alpha value is -2.67. The van der Waals surface area contributed by atoms with Crippen LogP contribution in [0.15, 0.2) is 59.5 Å². The van der Waals surface area contributed by atoms with Crippen molar-refractivity contribution in [3.63, 3.8) is 0 Å². The quantitative estimate of drug-likeness (QED) is 0.788. The van der Waals surface area contributed by atoms with Crippen molar-refractivity contribution in [3.8, 4) is 0 Å². The van der Waals surface area contributed by atoms with Gasteiger partial charge < -0.3 is 10.2 Å². The molecule has 154 valence electrons. The van der Waals surface area contributed by atoms with E-state index in [1.807, 2.05) is 37.3 Å². The standard InChI is InChI=1S/C22H26N2O4S/c1-16(17-11-13-19(14-12-17)29(2,27)28)23-22(26)21(18-8-4-3-5-9-18)24-15-7-6-10-20(24)25/h3-5,8-9,11-14,16,21H,6-7,10,15H2,1-2H3,(H,23,26). The Bertz CT molecular complexity index is 972. The molecule has 0 aliphatic carbocycles. The zero-order chi connectivity index (χ0) is 21.0. The molecule has 2 aromatic carbocycles. The zero-order valence-electron chi connectivity index (χ0n) is 16.7. The fourth-order valence-electron chi connectivity index (χ4n) is 3.59. The lowest BCUT2D eigenvalue weighted by Gasteiger charge is -2.34. The average molecular weight is 415 g/mol. The molecular formula is C22H26N2O4S. The highest BCUT2D eigenvalue weighted by atomic mass is 32.2. The highest BCUT2D eigenvalue weighted by Gasteiger charge is 2.33. The molecule has 1 saturated heterocycles. The molecule has 1 heterocycles. The van der Waals surface area contributed by atoms with Gasteiger partial charge in [-0.3, -0.25) is 9.59 Å². The Morgan fingerprint density at radius 1 is 1.00 bits per heavy atom. The minimum atomic E-state index is -3.27. The first kappa shape index (κ1) is 21.0. The minimum absolute atomic E-state index is 0.00888. The summed E-state index contributed by atoms with van der Waals surface area (Å²) in [5, 5.41) is 2.99. The number of nitrogens with zero attached hydrogens (tertiary/aromatic N) is 1. The van der Waals surface area contributed by atoms with Crippen LogP contribution in [0.4, 0.5) is 0 Å². The summed E-state index contributed by atoms with van der Waals surface area (Å²) < 4.78 is 23.3. The molecule has 0 radical (unpaired) electrons. The van der Waals surface area contributed by atoms with E-state index < -0.39 is 15.9 Å². The van der Waals surface area contributed by atoms with Crippen LogP contribution < -0.4 is 5.32 Å². The number of hydrogen-bond acceptors (Lipinski definition) is 4. The molecule has 1 aliphatic heterocycles.